The predicted molar refractivity (Wildman–Crippen MR) is 142 cm³/mol. The number of nitrogens with zero attached hydrogens (tertiary/aromatic N) is 1. The molecule has 2 aromatic rings. The molecule has 1 saturated heterocycles. The minimum Gasteiger partial charge on any atom is -0.493 e. The van der Waals surface area contributed by atoms with Crippen LogP contribution >= 0.6 is 11.6 Å². The van der Waals surface area contributed by atoms with Gasteiger partial charge in [-0.2, -0.15) is 13.2 Å². The molecule has 0 radical (unpaired) electrons. The molecule has 39 heavy (non-hydrogen) atoms. The smallest absolute Gasteiger partial charge is 0.490 e. The van der Waals surface area contributed by atoms with Crippen molar-refractivity contribution >= 4 is 29.3 Å². The Kier molecular flexibility index (Phi) is 9.60. The van der Waals surface area contributed by atoms with E-state index in [0.29, 0.717) is 11.1 Å². The van der Waals surface area contributed by atoms with Crippen LogP contribution in [0.15, 0.2) is 36.4 Å². The van der Waals surface area contributed by atoms with E-state index in [1.165, 1.54) is 5.56 Å². The highest BCUT2D eigenvalue weighted by molar-refractivity contribution is 6.31. The van der Waals surface area contributed by atoms with Gasteiger partial charge in [-0.25, -0.2) is 9.59 Å². The minimum atomic E-state index is -5.08. The largest absolute Gasteiger partial charge is 0.493 e. The van der Waals surface area contributed by atoms with Crippen molar-refractivity contribution in [2.24, 2.45) is 0 Å². The lowest BCUT2D eigenvalue weighted by atomic mass is 9.65. The number of methoxy groups -OCH3 is 2. The Bertz CT molecular complexity index is 1200. The number of nitrogens with one attached hydrogen (secondary N) is 2. The molecule has 1 aliphatic carbocycles. The number of hydrogen-bond donors (Lipinski definition) is 3. The van der Waals surface area contributed by atoms with E-state index in [-0.39, 0.29) is 17.5 Å². The summed E-state index contributed by atoms with van der Waals surface area (Å²) in [6.45, 7) is 2.95. The summed E-state index contributed by atoms with van der Waals surface area (Å²) in [7, 11) is 5.53. The first-order chi connectivity index (χ1) is 18.3. The summed E-state index contributed by atoms with van der Waals surface area (Å²) in [4.78, 5) is 24.0. The Labute approximate surface area is 230 Å². The second kappa shape index (κ2) is 12.3. The topological polar surface area (TPSA) is 100 Å². The van der Waals surface area contributed by atoms with Crippen LogP contribution in [-0.4, -0.2) is 68.1 Å². The summed E-state index contributed by atoms with van der Waals surface area (Å²) in [5, 5.41) is 13.9. The van der Waals surface area contributed by atoms with E-state index in [9.17, 15) is 18.0 Å². The summed E-state index contributed by atoms with van der Waals surface area (Å²) < 4.78 is 42.7. The number of amides is 2. The van der Waals surface area contributed by atoms with Crippen LogP contribution in [0.3, 0.4) is 0 Å². The number of ether oxygens (including phenoxy) is 2. The van der Waals surface area contributed by atoms with Gasteiger partial charge < -0.3 is 30.1 Å². The van der Waals surface area contributed by atoms with Gasteiger partial charge in [-0.3, -0.25) is 0 Å². The second-order valence-electron chi connectivity index (χ2n) is 9.76. The zero-order valence-corrected chi connectivity index (χ0v) is 22.9. The van der Waals surface area contributed by atoms with Crippen molar-refractivity contribution in [3.63, 3.8) is 0 Å². The number of rotatable bonds is 5. The number of carbonyl (C=O) groups excluding carboxylic acids is 1. The maximum Gasteiger partial charge on any atom is 0.490 e. The number of fused-ring (bicyclic) bond motifs is 1. The first kappa shape index (κ1) is 30.4. The molecule has 3 atom stereocenters. The van der Waals surface area contributed by atoms with Gasteiger partial charge in [0.05, 0.1) is 14.2 Å². The van der Waals surface area contributed by atoms with Crippen LogP contribution in [0.5, 0.6) is 11.5 Å². The summed E-state index contributed by atoms with van der Waals surface area (Å²) in [6, 6.07) is 12.1. The third-order valence-corrected chi connectivity index (χ3v) is 7.99. The lowest BCUT2D eigenvalue weighted by Crippen LogP contribution is -2.52. The summed E-state index contributed by atoms with van der Waals surface area (Å²) in [5.41, 5.74) is 2.97. The number of anilines is 1. The predicted octanol–water partition coefficient (Wildman–Crippen LogP) is 5.62. The summed E-state index contributed by atoms with van der Waals surface area (Å²) >= 11 is 6.19. The molecule has 0 spiro atoms. The van der Waals surface area contributed by atoms with Crippen LogP contribution in [0.2, 0.25) is 5.02 Å². The van der Waals surface area contributed by atoms with Crippen LogP contribution in [0.1, 0.15) is 36.8 Å². The van der Waals surface area contributed by atoms with Crippen molar-refractivity contribution in [2.75, 3.05) is 33.1 Å². The van der Waals surface area contributed by atoms with Gasteiger partial charge in [0.15, 0.2) is 11.5 Å². The van der Waals surface area contributed by atoms with Gasteiger partial charge in [-0.15, -0.1) is 0 Å². The Morgan fingerprint density at radius 1 is 1.13 bits per heavy atom. The van der Waals surface area contributed by atoms with Crippen molar-refractivity contribution in [3.05, 3.63) is 52.5 Å². The molecule has 214 valence electrons. The molecule has 2 aromatic carbocycles. The molecule has 8 nitrogen and oxygen atoms in total. The van der Waals surface area contributed by atoms with Gasteiger partial charge in [0.25, 0.3) is 0 Å². The molecule has 1 heterocycles. The van der Waals surface area contributed by atoms with Crippen LogP contribution in [0.4, 0.5) is 23.7 Å². The highest BCUT2D eigenvalue weighted by Crippen LogP contribution is 2.49. The quantitative estimate of drug-likeness (QED) is 0.431. The molecule has 12 heteroatoms. The number of carboxylic acids is 1. The number of urea groups is 1. The lowest BCUT2D eigenvalue weighted by molar-refractivity contribution is -0.192. The first-order valence-corrected chi connectivity index (χ1v) is 12.8. The second-order valence-corrected chi connectivity index (χ2v) is 10.2. The van der Waals surface area contributed by atoms with Gasteiger partial charge in [0, 0.05) is 28.2 Å². The molecular weight excluding hydrogens is 539 g/mol. The lowest BCUT2D eigenvalue weighted by Gasteiger charge is -2.45. The average Bonchev–Trinajstić information content (AvgIpc) is 3.23. The minimum absolute atomic E-state index is 0.0620. The van der Waals surface area contributed by atoms with E-state index in [2.05, 4.69) is 34.7 Å². The number of halogens is 4. The number of likely N-dealkylation sites (N-methyl/N-ethyl adjacent to an activating group) is 1. The van der Waals surface area contributed by atoms with Gasteiger partial charge in [0.2, 0.25) is 0 Å². The number of hydrogen-bond acceptors (Lipinski definition) is 5. The molecule has 4 rings (SSSR count). The number of carboxylic acid groups (broad SMARTS) is 1. The fraction of sp³-hybridized carbons (Fsp3) is 0.481. The third-order valence-electron chi connectivity index (χ3n) is 7.58. The van der Waals surface area contributed by atoms with Crippen molar-refractivity contribution in [1.82, 2.24) is 10.2 Å². The van der Waals surface area contributed by atoms with Gasteiger partial charge in [0.1, 0.15) is 0 Å². The Hall–Kier alpha value is -3.18. The summed E-state index contributed by atoms with van der Waals surface area (Å²) in [5.74, 6) is -1.24. The normalized spacial score (nSPS) is 22.7. The number of likely N-dealkylation sites (tertiary alicyclic amines) is 1. The Balaban J connectivity index is 0.000000532. The first-order valence-electron chi connectivity index (χ1n) is 12.4. The van der Waals surface area contributed by atoms with Crippen molar-refractivity contribution in [1.29, 1.82) is 0 Å². The highest BCUT2D eigenvalue weighted by Gasteiger charge is 2.50. The van der Waals surface area contributed by atoms with Crippen LogP contribution in [0, 0.1) is 6.92 Å². The molecule has 1 saturated carbocycles. The highest BCUT2D eigenvalue weighted by atomic mass is 35.5. The van der Waals surface area contributed by atoms with Crippen molar-refractivity contribution < 1.29 is 37.3 Å². The van der Waals surface area contributed by atoms with E-state index in [0.717, 1.165) is 55.0 Å². The molecule has 3 N–H and O–H groups in total. The van der Waals surface area contributed by atoms with E-state index < -0.39 is 12.1 Å². The standard InChI is InChI=1S/C25H32ClN3O3.C2HF3O2/c1-16-19(26)6-5-7-20(16)28-24(30)27-18-10-11-25(12-13-29(2)23(25)15-18)17-8-9-21(31-3)22(14-17)32-4;3-2(4,5)1(6)7/h5-9,14,18,23H,10-13,15H2,1-4H3,(H2,27,28,30);(H,6,7). The Morgan fingerprint density at radius 3 is 2.41 bits per heavy atom. The third kappa shape index (κ3) is 6.88. The Morgan fingerprint density at radius 2 is 1.79 bits per heavy atom. The SMILES string of the molecule is COc1ccc(C23CCC(NC(=O)Nc4cccc(Cl)c4C)CC2N(C)CC3)cc1OC.O=C(O)C(F)(F)F. The number of carbonyl (C=O) groups is 2. The summed E-state index contributed by atoms with van der Waals surface area (Å²) in [6.07, 6.45) is -1.13. The van der Waals surface area contributed by atoms with Crippen molar-refractivity contribution in [3.8, 4) is 11.5 Å². The molecule has 2 amide bonds. The van der Waals surface area contributed by atoms with E-state index in [4.69, 9.17) is 31.0 Å². The maximum atomic E-state index is 12.7. The molecule has 0 bridgehead atoms. The number of benzene rings is 2. The van der Waals surface area contributed by atoms with Crippen LogP contribution in [-0.2, 0) is 10.2 Å². The van der Waals surface area contributed by atoms with Crippen molar-refractivity contribution in [2.45, 2.75) is 56.3 Å². The van der Waals surface area contributed by atoms with E-state index in [1.807, 2.05) is 31.2 Å². The maximum absolute atomic E-state index is 12.7. The number of aliphatic carboxylic acids is 1. The van der Waals surface area contributed by atoms with Gasteiger partial charge in [-0.05, 0) is 81.6 Å². The van der Waals surface area contributed by atoms with Gasteiger partial charge in [-0.1, -0.05) is 23.7 Å². The fourth-order valence-corrected chi connectivity index (χ4v) is 5.66. The van der Waals surface area contributed by atoms with Crippen LogP contribution < -0.4 is 20.1 Å². The number of alkyl halides is 3. The van der Waals surface area contributed by atoms with E-state index in [1.54, 1.807) is 14.2 Å². The fourth-order valence-electron chi connectivity index (χ4n) is 5.48. The molecule has 1 aliphatic heterocycles. The molecule has 3 unspecified atom stereocenters. The monoisotopic (exact) mass is 571 g/mol. The molecular formula is C27H33ClF3N3O5. The zero-order chi connectivity index (χ0) is 29.0. The van der Waals surface area contributed by atoms with E-state index >= 15 is 0 Å². The molecule has 2 aliphatic rings. The van der Waals surface area contributed by atoms with Gasteiger partial charge >= 0.3 is 18.2 Å². The molecule has 0 aromatic heterocycles. The zero-order valence-electron chi connectivity index (χ0n) is 22.2. The van der Waals surface area contributed by atoms with Crippen LogP contribution in [0.25, 0.3) is 0 Å². The molecule has 2 fully saturated rings. The average molecular weight is 572 g/mol.